The number of alkyl halides is 2. The van der Waals surface area contributed by atoms with Crippen LogP contribution in [0.4, 0.5) is 0 Å². The van der Waals surface area contributed by atoms with Gasteiger partial charge in [0.05, 0.1) is 11.1 Å². The van der Waals surface area contributed by atoms with Gasteiger partial charge < -0.3 is 10.4 Å². The van der Waals surface area contributed by atoms with Gasteiger partial charge in [0, 0.05) is 10.7 Å². The third-order valence-corrected chi connectivity index (χ3v) is 4.96. The van der Waals surface area contributed by atoms with E-state index in [0.29, 0.717) is 21.8 Å². The lowest BCUT2D eigenvalue weighted by Gasteiger charge is -2.26. The fraction of sp³-hybridized carbons (Fsp3) is 0.417. The SMILES string of the molecule is Cc1cccc(C(=O)NC(C)(CBr)CBr)c1O. The van der Waals surface area contributed by atoms with Crippen LogP contribution in [0.1, 0.15) is 22.8 Å². The third kappa shape index (κ3) is 3.45. The summed E-state index contributed by atoms with van der Waals surface area (Å²) in [5.41, 5.74) is 0.614. The van der Waals surface area contributed by atoms with Crippen molar-refractivity contribution in [1.82, 2.24) is 5.32 Å². The minimum Gasteiger partial charge on any atom is -0.507 e. The molecule has 0 radical (unpaired) electrons. The highest BCUT2D eigenvalue weighted by molar-refractivity contribution is 9.09. The first-order chi connectivity index (χ1) is 7.93. The number of hydrogen-bond acceptors (Lipinski definition) is 2. The van der Waals surface area contributed by atoms with Crippen LogP contribution >= 0.6 is 31.9 Å². The number of aromatic hydroxyl groups is 1. The minimum atomic E-state index is -0.382. The van der Waals surface area contributed by atoms with Gasteiger partial charge in [0.1, 0.15) is 5.75 Å². The Morgan fingerprint density at radius 1 is 1.41 bits per heavy atom. The van der Waals surface area contributed by atoms with Crippen LogP contribution in [-0.4, -0.2) is 27.2 Å². The molecule has 1 rings (SSSR count). The number of carbonyl (C=O) groups is 1. The zero-order chi connectivity index (χ0) is 13.1. The number of carbonyl (C=O) groups excluding carboxylic acids is 1. The molecular weight excluding hydrogens is 350 g/mol. The predicted octanol–water partition coefficient (Wildman–Crippen LogP) is 2.98. The molecule has 1 amide bonds. The maximum atomic E-state index is 12.0. The van der Waals surface area contributed by atoms with Crippen molar-refractivity contribution < 1.29 is 9.90 Å². The summed E-state index contributed by atoms with van der Waals surface area (Å²) in [5, 5.41) is 14.0. The summed E-state index contributed by atoms with van der Waals surface area (Å²) >= 11 is 6.72. The van der Waals surface area contributed by atoms with Crippen molar-refractivity contribution in [1.29, 1.82) is 0 Å². The van der Waals surface area contributed by atoms with Crippen LogP contribution in [0.5, 0.6) is 5.75 Å². The van der Waals surface area contributed by atoms with Crippen LogP contribution in [0, 0.1) is 6.92 Å². The monoisotopic (exact) mass is 363 g/mol. The van der Waals surface area contributed by atoms with Crippen LogP contribution in [0.2, 0.25) is 0 Å². The molecule has 1 aromatic rings. The topological polar surface area (TPSA) is 49.3 Å². The summed E-state index contributed by atoms with van der Waals surface area (Å²) in [6.07, 6.45) is 0. The number of aryl methyl sites for hydroxylation is 1. The van der Waals surface area contributed by atoms with E-state index in [4.69, 9.17) is 0 Å². The van der Waals surface area contributed by atoms with Gasteiger partial charge in [-0.3, -0.25) is 4.79 Å². The van der Waals surface area contributed by atoms with Crippen molar-refractivity contribution in [3.63, 3.8) is 0 Å². The van der Waals surface area contributed by atoms with Gasteiger partial charge in [0.25, 0.3) is 5.91 Å². The Morgan fingerprint density at radius 3 is 2.53 bits per heavy atom. The second-order valence-electron chi connectivity index (χ2n) is 4.25. The number of hydrogen-bond donors (Lipinski definition) is 2. The average molecular weight is 365 g/mol. The molecule has 0 aromatic heterocycles. The highest BCUT2D eigenvalue weighted by Gasteiger charge is 2.25. The van der Waals surface area contributed by atoms with Crippen LogP contribution in [0.25, 0.3) is 0 Å². The lowest BCUT2D eigenvalue weighted by molar-refractivity contribution is 0.0920. The Hall–Kier alpha value is -0.550. The summed E-state index contributed by atoms with van der Waals surface area (Å²) in [6.45, 7) is 3.68. The standard InChI is InChI=1S/C12H15Br2NO2/c1-8-4-3-5-9(10(8)16)11(17)15-12(2,6-13)7-14/h3-5,16H,6-7H2,1-2H3,(H,15,17). The molecule has 0 aliphatic heterocycles. The van der Waals surface area contributed by atoms with E-state index in [0.717, 1.165) is 0 Å². The van der Waals surface area contributed by atoms with Crippen LogP contribution in [-0.2, 0) is 0 Å². The summed E-state index contributed by atoms with van der Waals surface area (Å²) < 4.78 is 0. The molecule has 1 aromatic carbocycles. The lowest BCUT2D eigenvalue weighted by Crippen LogP contribution is -2.49. The number of para-hydroxylation sites is 1. The van der Waals surface area contributed by atoms with Crippen LogP contribution in [0.15, 0.2) is 18.2 Å². The third-order valence-electron chi connectivity index (χ3n) is 2.49. The van der Waals surface area contributed by atoms with Crippen molar-refractivity contribution in [2.75, 3.05) is 10.7 Å². The van der Waals surface area contributed by atoms with E-state index in [-0.39, 0.29) is 17.2 Å². The van der Waals surface area contributed by atoms with Gasteiger partial charge in [0.2, 0.25) is 0 Å². The Morgan fingerprint density at radius 2 is 2.00 bits per heavy atom. The molecule has 0 fully saturated rings. The molecule has 2 N–H and O–H groups in total. The van der Waals surface area contributed by atoms with E-state index >= 15 is 0 Å². The van der Waals surface area contributed by atoms with E-state index in [1.54, 1.807) is 25.1 Å². The van der Waals surface area contributed by atoms with Crippen molar-refractivity contribution >= 4 is 37.8 Å². The molecule has 0 saturated heterocycles. The molecule has 3 nitrogen and oxygen atoms in total. The molecular formula is C12H15Br2NO2. The molecule has 0 unspecified atom stereocenters. The summed E-state index contributed by atoms with van der Waals surface area (Å²) in [7, 11) is 0. The summed E-state index contributed by atoms with van der Waals surface area (Å²) in [4.78, 5) is 12.0. The Labute approximate surface area is 118 Å². The van der Waals surface area contributed by atoms with Gasteiger partial charge in [-0.15, -0.1) is 0 Å². The van der Waals surface area contributed by atoms with Gasteiger partial charge >= 0.3 is 0 Å². The van der Waals surface area contributed by atoms with Crippen LogP contribution in [0.3, 0.4) is 0 Å². The zero-order valence-corrected chi connectivity index (χ0v) is 12.9. The molecule has 5 heteroatoms. The Kier molecular flexibility index (Phi) is 5.01. The zero-order valence-electron chi connectivity index (χ0n) is 9.76. The number of amides is 1. The lowest BCUT2D eigenvalue weighted by atomic mass is 10.1. The number of nitrogens with one attached hydrogen (secondary N) is 1. The van der Waals surface area contributed by atoms with Gasteiger partial charge in [-0.2, -0.15) is 0 Å². The van der Waals surface area contributed by atoms with E-state index in [2.05, 4.69) is 37.2 Å². The number of phenols is 1. The van der Waals surface area contributed by atoms with Crippen molar-refractivity contribution in [3.8, 4) is 5.75 Å². The Balaban J connectivity index is 2.94. The summed E-state index contributed by atoms with van der Waals surface area (Å²) in [6, 6.07) is 5.13. The van der Waals surface area contributed by atoms with Crippen LogP contribution < -0.4 is 5.32 Å². The molecule has 0 bridgehead atoms. The van der Waals surface area contributed by atoms with Crippen molar-refractivity contribution in [2.24, 2.45) is 0 Å². The minimum absolute atomic E-state index is 0.0384. The average Bonchev–Trinajstić information content (AvgIpc) is 2.32. The maximum Gasteiger partial charge on any atom is 0.255 e. The Bertz CT molecular complexity index is 417. The van der Waals surface area contributed by atoms with Crippen molar-refractivity contribution in [3.05, 3.63) is 29.3 Å². The molecule has 17 heavy (non-hydrogen) atoms. The maximum absolute atomic E-state index is 12.0. The smallest absolute Gasteiger partial charge is 0.255 e. The molecule has 0 heterocycles. The van der Waals surface area contributed by atoms with Gasteiger partial charge in [-0.05, 0) is 25.5 Å². The summed E-state index contributed by atoms with van der Waals surface area (Å²) in [5.74, 6) is -0.232. The quantitative estimate of drug-likeness (QED) is 0.807. The number of rotatable bonds is 4. The fourth-order valence-electron chi connectivity index (χ4n) is 1.29. The van der Waals surface area contributed by atoms with E-state index in [1.807, 2.05) is 6.92 Å². The van der Waals surface area contributed by atoms with Gasteiger partial charge in [-0.1, -0.05) is 44.0 Å². The molecule has 0 saturated carbocycles. The van der Waals surface area contributed by atoms with Gasteiger partial charge in [0.15, 0.2) is 0 Å². The molecule has 0 atom stereocenters. The second kappa shape index (κ2) is 5.87. The van der Waals surface area contributed by atoms with Gasteiger partial charge in [-0.25, -0.2) is 0 Å². The van der Waals surface area contributed by atoms with E-state index < -0.39 is 0 Å². The molecule has 94 valence electrons. The first kappa shape index (κ1) is 14.5. The normalized spacial score (nSPS) is 11.3. The first-order valence-electron chi connectivity index (χ1n) is 5.16. The number of phenolic OH excluding ortho intramolecular Hbond substituents is 1. The number of benzene rings is 1. The van der Waals surface area contributed by atoms with E-state index in [1.165, 1.54) is 0 Å². The predicted molar refractivity (Wildman–Crippen MR) is 76.3 cm³/mol. The molecule has 0 aliphatic rings. The fourth-order valence-corrected chi connectivity index (χ4v) is 2.50. The second-order valence-corrected chi connectivity index (χ2v) is 5.37. The highest BCUT2D eigenvalue weighted by Crippen LogP contribution is 2.22. The number of halogens is 2. The first-order valence-corrected chi connectivity index (χ1v) is 7.41. The van der Waals surface area contributed by atoms with Crippen molar-refractivity contribution in [2.45, 2.75) is 19.4 Å². The molecule has 0 aliphatic carbocycles. The highest BCUT2D eigenvalue weighted by atomic mass is 79.9. The largest absolute Gasteiger partial charge is 0.507 e. The molecule has 0 spiro atoms. The van der Waals surface area contributed by atoms with E-state index in [9.17, 15) is 9.90 Å².